The van der Waals surface area contributed by atoms with Crippen LogP contribution in [0.5, 0.6) is 0 Å². The molecule has 2 aromatic rings. The summed E-state index contributed by atoms with van der Waals surface area (Å²) in [4.78, 5) is 0. The third kappa shape index (κ3) is 2.59. The van der Waals surface area contributed by atoms with E-state index in [4.69, 9.17) is 10.2 Å². The van der Waals surface area contributed by atoms with Crippen molar-refractivity contribution in [2.24, 2.45) is 11.7 Å². The van der Waals surface area contributed by atoms with E-state index in [0.29, 0.717) is 17.7 Å². The maximum absolute atomic E-state index is 6.11. The molecule has 2 unspecified atom stereocenters. The SMILES string of the molecule is CC(C)C(C)c1nnc(C(N)c2ccccc2)o1. The highest BCUT2D eigenvalue weighted by molar-refractivity contribution is 5.22. The maximum atomic E-state index is 6.11. The molecular weight excluding hydrogens is 226 g/mol. The van der Waals surface area contributed by atoms with Gasteiger partial charge in [-0.25, -0.2) is 0 Å². The third-order valence-corrected chi connectivity index (χ3v) is 3.27. The van der Waals surface area contributed by atoms with Gasteiger partial charge in [0.2, 0.25) is 11.8 Å². The fraction of sp³-hybridized carbons (Fsp3) is 0.429. The second-order valence-corrected chi connectivity index (χ2v) is 4.90. The molecule has 0 spiro atoms. The normalized spacial score (nSPS) is 14.7. The molecule has 1 aromatic carbocycles. The van der Waals surface area contributed by atoms with Crippen molar-refractivity contribution in [1.29, 1.82) is 0 Å². The van der Waals surface area contributed by atoms with E-state index in [0.717, 1.165) is 5.56 Å². The van der Waals surface area contributed by atoms with Gasteiger partial charge in [0.1, 0.15) is 6.04 Å². The van der Waals surface area contributed by atoms with Crippen molar-refractivity contribution in [2.75, 3.05) is 0 Å². The van der Waals surface area contributed by atoms with Crippen LogP contribution < -0.4 is 5.73 Å². The quantitative estimate of drug-likeness (QED) is 0.899. The second kappa shape index (κ2) is 5.31. The van der Waals surface area contributed by atoms with Gasteiger partial charge >= 0.3 is 0 Å². The summed E-state index contributed by atoms with van der Waals surface area (Å²) in [5.41, 5.74) is 7.09. The Bertz CT molecular complexity index is 493. The van der Waals surface area contributed by atoms with Gasteiger partial charge in [-0.3, -0.25) is 0 Å². The van der Waals surface area contributed by atoms with Crippen LogP contribution in [0.1, 0.15) is 50.1 Å². The van der Waals surface area contributed by atoms with Gasteiger partial charge in [0.25, 0.3) is 0 Å². The Kier molecular flexibility index (Phi) is 3.77. The highest BCUT2D eigenvalue weighted by Gasteiger charge is 2.20. The summed E-state index contributed by atoms with van der Waals surface area (Å²) in [6.07, 6.45) is 0. The summed E-state index contributed by atoms with van der Waals surface area (Å²) in [5.74, 6) is 1.84. The lowest BCUT2D eigenvalue weighted by atomic mass is 9.98. The molecule has 2 N–H and O–H groups in total. The van der Waals surface area contributed by atoms with Gasteiger partial charge in [0.05, 0.1) is 0 Å². The van der Waals surface area contributed by atoms with Gasteiger partial charge in [0.15, 0.2) is 0 Å². The first kappa shape index (κ1) is 12.8. The topological polar surface area (TPSA) is 64.9 Å². The van der Waals surface area contributed by atoms with Gasteiger partial charge in [-0.1, -0.05) is 51.1 Å². The number of rotatable bonds is 4. The van der Waals surface area contributed by atoms with Crippen LogP contribution in [0.2, 0.25) is 0 Å². The summed E-state index contributed by atoms with van der Waals surface area (Å²) in [5, 5.41) is 8.14. The van der Waals surface area contributed by atoms with Gasteiger partial charge in [-0.15, -0.1) is 10.2 Å². The first-order chi connectivity index (χ1) is 8.59. The van der Waals surface area contributed by atoms with Crippen molar-refractivity contribution in [3.8, 4) is 0 Å². The molecule has 0 radical (unpaired) electrons. The molecule has 96 valence electrons. The Morgan fingerprint density at radius 3 is 2.22 bits per heavy atom. The first-order valence-corrected chi connectivity index (χ1v) is 6.23. The van der Waals surface area contributed by atoms with Gasteiger partial charge in [-0.2, -0.15) is 0 Å². The maximum Gasteiger partial charge on any atom is 0.237 e. The van der Waals surface area contributed by atoms with Crippen LogP contribution in [0.4, 0.5) is 0 Å². The highest BCUT2D eigenvalue weighted by Crippen LogP contribution is 2.25. The van der Waals surface area contributed by atoms with E-state index in [9.17, 15) is 0 Å². The van der Waals surface area contributed by atoms with Crippen molar-refractivity contribution in [3.05, 3.63) is 47.7 Å². The minimum atomic E-state index is -0.355. The summed E-state index contributed by atoms with van der Waals surface area (Å²) in [7, 11) is 0. The van der Waals surface area contributed by atoms with Crippen LogP contribution in [0, 0.1) is 5.92 Å². The predicted molar refractivity (Wildman–Crippen MR) is 70.0 cm³/mol. The number of benzene rings is 1. The van der Waals surface area contributed by atoms with Crippen LogP contribution in [-0.2, 0) is 0 Å². The molecule has 4 nitrogen and oxygen atoms in total. The van der Waals surface area contributed by atoms with Crippen molar-refractivity contribution in [3.63, 3.8) is 0 Å². The van der Waals surface area contributed by atoms with E-state index in [1.807, 2.05) is 30.3 Å². The zero-order valence-corrected chi connectivity index (χ0v) is 11.0. The molecule has 4 heteroatoms. The van der Waals surface area contributed by atoms with Crippen LogP contribution in [0.3, 0.4) is 0 Å². The van der Waals surface area contributed by atoms with E-state index < -0.39 is 0 Å². The summed E-state index contributed by atoms with van der Waals surface area (Å²) in [6.45, 7) is 6.34. The number of nitrogens with zero attached hydrogens (tertiary/aromatic N) is 2. The zero-order valence-electron chi connectivity index (χ0n) is 11.0. The van der Waals surface area contributed by atoms with Crippen molar-refractivity contribution >= 4 is 0 Å². The monoisotopic (exact) mass is 245 g/mol. The molecule has 0 aliphatic heterocycles. The number of nitrogens with two attached hydrogens (primary N) is 1. The number of hydrogen-bond donors (Lipinski definition) is 1. The fourth-order valence-electron chi connectivity index (χ4n) is 1.64. The Labute approximate surface area is 107 Å². The molecule has 1 heterocycles. The van der Waals surface area contributed by atoms with E-state index in [1.165, 1.54) is 0 Å². The second-order valence-electron chi connectivity index (χ2n) is 4.90. The summed E-state index contributed by atoms with van der Waals surface area (Å²) in [6, 6.07) is 9.41. The Balaban J connectivity index is 2.20. The van der Waals surface area contributed by atoms with E-state index in [2.05, 4.69) is 31.0 Å². The molecule has 0 fully saturated rings. The number of hydrogen-bond acceptors (Lipinski definition) is 4. The average molecular weight is 245 g/mol. The van der Waals surface area contributed by atoms with Crippen LogP contribution >= 0.6 is 0 Å². The molecule has 1 aromatic heterocycles. The molecular formula is C14H19N3O. The minimum absolute atomic E-state index is 0.245. The lowest BCUT2D eigenvalue weighted by Gasteiger charge is -2.10. The van der Waals surface area contributed by atoms with Gasteiger partial charge < -0.3 is 10.2 Å². The third-order valence-electron chi connectivity index (χ3n) is 3.27. The average Bonchev–Trinajstić information content (AvgIpc) is 2.87. The van der Waals surface area contributed by atoms with Gasteiger partial charge in [0, 0.05) is 5.92 Å². The molecule has 0 bridgehead atoms. The van der Waals surface area contributed by atoms with Crippen molar-refractivity contribution < 1.29 is 4.42 Å². The predicted octanol–water partition coefficient (Wildman–Crippen LogP) is 2.88. The van der Waals surface area contributed by atoms with Crippen LogP contribution in [0.25, 0.3) is 0 Å². The molecule has 18 heavy (non-hydrogen) atoms. The highest BCUT2D eigenvalue weighted by atomic mass is 16.4. The van der Waals surface area contributed by atoms with Crippen LogP contribution in [-0.4, -0.2) is 10.2 Å². The lowest BCUT2D eigenvalue weighted by molar-refractivity contribution is 0.373. The Hall–Kier alpha value is -1.68. The first-order valence-electron chi connectivity index (χ1n) is 6.23. The number of aromatic nitrogens is 2. The van der Waals surface area contributed by atoms with Crippen LogP contribution in [0.15, 0.2) is 34.7 Å². The summed E-state index contributed by atoms with van der Waals surface area (Å²) < 4.78 is 5.68. The summed E-state index contributed by atoms with van der Waals surface area (Å²) >= 11 is 0. The van der Waals surface area contributed by atoms with E-state index >= 15 is 0 Å². The van der Waals surface area contributed by atoms with Gasteiger partial charge in [-0.05, 0) is 11.5 Å². The smallest absolute Gasteiger partial charge is 0.237 e. The molecule has 0 amide bonds. The molecule has 2 rings (SSSR count). The van der Waals surface area contributed by atoms with Crippen molar-refractivity contribution in [2.45, 2.75) is 32.7 Å². The standard InChI is InChI=1S/C14H19N3O/c1-9(2)10(3)13-16-17-14(18-13)12(15)11-7-5-4-6-8-11/h4-10,12H,15H2,1-3H3. The molecule has 0 saturated carbocycles. The Morgan fingerprint density at radius 1 is 1.00 bits per heavy atom. The van der Waals surface area contributed by atoms with E-state index in [-0.39, 0.29) is 12.0 Å². The Morgan fingerprint density at radius 2 is 1.61 bits per heavy atom. The van der Waals surface area contributed by atoms with E-state index in [1.54, 1.807) is 0 Å². The lowest BCUT2D eigenvalue weighted by Crippen LogP contribution is -2.12. The minimum Gasteiger partial charge on any atom is -0.423 e. The zero-order chi connectivity index (χ0) is 13.1. The molecule has 0 aliphatic carbocycles. The fourth-order valence-corrected chi connectivity index (χ4v) is 1.64. The van der Waals surface area contributed by atoms with Crippen molar-refractivity contribution in [1.82, 2.24) is 10.2 Å². The largest absolute Gasteiger partial charge is 0.423 e. The molecule has 0 aliphatic rings. The molecule has 2 atom stereocenters. The molecule has 0 saturated heterocycles.